The summed E-state index contributed by atoms with van der Waals surface area (Å²) < 4.78 is 5.98. The number of nitrogens with one attached hydrogen (secondary N) is 1. The standard InChI is InChI=1S/C17H27N3O/c1-4-18-17(20-11-7-8-12-20)19-13-15(3)21-16-10-6-5-9-14(16)2/h5-6,9-10,15H,4,7-8,11-13H2,1-3H3,(H,18,19). The molecule has 1 aromatic carbocycles. The summed E-state index contributed by atoms with van der Waals surface area (Å²) >= 11 is 0. The Morgan fingerprint density at radius 3 is 2.71 bits per heavy atom. The highest BCUT2D eigenvalue weighted by Gasteiger charge is 2.16. The minimum atomic E-state index is 0.0716. The first-order chi connectivity index (χ1) is 10.2. The van der Waals surface area contributed by atoms with Crippen molar-refractivity contribution >= 4 is 5.96 Å². The van der Waals surface area contributed by atoms with Gasteiger partial charge in [-0.25, -0.2) is 4.99 Å². The van der Waals surface area contributed by atoms with Gasteiger partial charge in [-0.2, -0.15) is 0 Å². The molecule has 0 aromatic heterocycles. The van der Waals surface area contributed by atoms with Crippen LogP contribution in [0.25, 0.3) is 0 Å². The number of aliphatic imine (C=N–C) groups is 1. The van der Waals surface area contributed by atoms with Crippen LogP contribution >= 0.6 is 0 Å². The maximum atomic E-state index is 5.98. The molecule has 1 aliphatic heterocycles. The van der Waals surface area contributed by atoms with Crippen LogP contribution in [-0.4, -0.2) is 43.1 Å². The molecule has 0 aliphatic carbocycles. The molecule has 1 N–H and O–H groups in total. The van der Waals surface area contributed by atoms with E-state index in [9.17, 15) is 0 Å². The van der Waals surface area contributed by atoms with E-state index in [2.05, 4.69) is 37.1 Å². The summed E-state index contributed by atoms with van der Waals surface area (Å²) in [6, 6.07) is 8.12. The second kappa shape index (κ2) is 7.91. The number of ether oxygens (including phenoxy) is 1. The number of likely N-dealkylation sites (tertiary alicyclic amines) is 1. The lowest BCUT2D eigenvalue weighted by Crippen LogP contribution is -2.40. The van der Waals surface area contributed by atoms with Crippen LogP contribution in [0.1, 0.15) is 32.3 Å². The first kappa shape index (κ1) is 15.7. The number of benzene rings is 1. The fourth-order valence-electron chi connectivity index (χ4n) is 2.51. The van der Waals surface area contributed by atoms with E-state index in [1.807, 2.05) is 18.2 Å². The molecule has 0 amide bonds. The summed E-state index contributed by atoms with van der Waals surface area (Å²) in [5, 5.41) is 3.38. The van der Waals surface area contributed by atoms with Crippen LogP contribution in [0.5, 0.6) is 5.75 Å². The molecule has 4 nitrogen and oxygen atoms in total. The molecule has 1 saturated heterocycles. The van der Waals surface area contributed by atoms with E-state index >= 15 is 0 Å². The average molecular weight is 289 g/mol. The van der Waals surface area contributed by atoms with E-state index in [4.69, 9.17) is 9.73 Å². The second-order valence-electron chi connectivity index (χ2n) is 5.58. The Hall–Kier alpha value is -1.71. The Bertz CT molecular complexity index is 467. The van der Waals surface area contributed by atoms with Gasteiger partial charge >= 0.3 is 0 Å². The molecule has 1 fully saturated rings. The largest absolute Gasteiger partial charge is 0.489 e. The zero-order chi connectivity index (χ0) is 15.1. The van der Waals surface area contributed by atoms with Crippen LogP contribution < -0.4 is 10.1 Å². The summed E-state index contributed by atoms with van der Waals surface area (Å²) in [6.45, 7) is 10.1. The van der Waals surface area contributed by atoms with Crippen molar-refractivity contribution in [3.05, 3.63) is 29.8 Å². The maximum Gasteiger partial charge on any atom is 0.194 e. The molecule has 1 aromatic rings. The van der Waals surface area contributed by atoms with Crippen molar-refractivity contribution in [1.82, 2.24) is 10.2 Å². The van der Waals surface area contributed by atoms with Gasteiger partial charge in [0.05, 0.1) is 6.54 Å². The van der Waals surface area contributed by atoms with Gasteiger partial charge in [-0.15, -0.1) is 0 Å². The molecule has 2 rings (SSSR count). The summed E-state index contributed by atoms with van der Waals surface area (Å²) in [5.41, 5.74) is 1.17. The Labute approximate surface area is 128 Å². The zero-order valence-electron chi connectivity index (χ0n) is 13.4. The minimum absolute atomic E-state index is 0.0716. The number of rotatable bonds is 5. The van der Waals surface area contributed by atoms with Gasteiger partial charge in [-0.1, -0.05) is 18.2 Å². The van der Waals surface area contributed by atoms with Gasteiger partial charge in [0.25, 0.3) is 0 Å². The second-order valence-corrected chi connectivity index (χ2v) is 5.58. The molecule has 0 saturated carbocycles. The number of para-hydroxylation sites is 1. The highest BCUT2D eigenvalue weighted by atomic mass is 16.5. The van der Waals surface area contributed by atoms with E-state index in [-0.39, 0.29) is 6.10 Å². The van der Waals surface area contributed by atoms with Crippen LogP contribution in [0.2, 0.25) is 0 Å². The Balaban J connectivity index is 1.92. The lowest BCUT2D eigenvalue weighted by Gasteiger charge is -2.22. The molecule has 0 bridgehead atoms. The van der Waals surface area contributed by atoms with Crippen molar-refractivity contribution in [1.29, 1.82) is 0 Å². The monoisotopic (exact) mass is 289 g/mol. The number of hydrogen-bond donors (Lipinski definition) is 1. The van der Waals surface area contributed by atoms with Gasteiger partial charge in [0.1, 0.15) is 11.9 Å². The molecular formula is C17H27N3O. The molecule has 1 atom stereocenters. The summed E-state index contributed by atoms with van der Waals surface area (Å²) in [7, 11) is 0. The van der Waals surface area contributed by atoms with Crippen molar-refractivity contribution < 1.29 is 4.74 Å². The van der Waals surface area contributed by atoms with E-state index < -0.39 is 0 Å². The zero-order valence-corrected chi connectivity index (χ0v) is 13.4. The molecule has 0 radical (unpaired) electrons. The van der Waals surface area contributed by atoms with Crippen LogP contribution in [0.15, 0.2) is 29.3 Å². The first-order valence-corrected chi connectivity index (χ1v) is 7.96. The Morgan fingerprint density at radius 2 is 2.05 bits per heavy atom. The average Bonchev–Trinajstić information content (AvgIpc) is 3.00. The third-order valence-electron chi connectivity index (χ3n) is 3.66. The predicted molar refractivity (Wildman–Crippen MR) is 88.1 cm³/mol. The fourth-order valence-corrected chi connectivity index (χ4v) is 2.51. The molecule has 1 aliphatic rings. The number of nitrogens with zero attached hydrogens (tertiary/aromatic N) is 2. The minimum Gasteiger partial charge on any atom is -0.489 e. The molecule has 0 spiro atoms. The van der Waals surface area contributed by atoms with Crippen molar-refractivity contribution in [3.63, 3.8) is 0 Å². The van der Waals surface area contributed by atoms with Gasteiger partial charge in [-0.3, -0.25) is 0 Å². The van der Waals surface area contributed by atoms with Crippen molar-refractivity contribution in [2.24, 2.45) is 4.99 Å². The van der Waals surface area contributed by atoms with E-state index in [0.29, 0.717) is 6.54 Å². The van der Waals surface area contributed by atoms with Crippen LogP contribution in [0.3, 0.4) is 0 Å². The van der Waals surface area contributed by atoms with Crippen molar-refractivity contribution in [2.45, 2.75) is 39.7 Å². The van der Waals surface area contributed by atoms with Crippen LogP contribution in [0, 0.1) is 6.92 Å². The third kappa shape index (κ3) is 4.66. The van der Waals surface area contributed by atoms with Crippen molar-refractivity contribution in [2.75, 3.05) is 26.2 Å². The SMILES string of the molecule is CCNC(=NCC(C)Oc1ccccc1C)N1CCCC1. The summed E-state index contributed by atoms with van der Waals surface area (Å²) in [4.78, 5) is 7.06. The number of guanidine groups is 1. The summed E-state index contributed by atoms with van der Waals surface area (Å²) in [6.07, 6.45) is 2.60. The van der Waals surface area contributed by atoms with Crippen molar-refractivity contribution in [3.8, 4) is 5.75 Å². The van der Waals surface area contributed by atoms with E-state index in [1.165, 1.54) is 18.4 Å². The highest BCUT2D eigenvalue weighted by molar-refractivity contribution is 5.80. The maximum absolute atomic E-state index is 5.98. The van der Waals surface area contributed by atoms with Crippen LogP contribution in [-0.2, 0) is 0 Å². The predicted octanol–water partition coefficient (Wildman–Crippen LogP) is 2.82. The number of hydrogen-bond acceptors (Lipinski definition) is 2. The van der Waals surface area contributed by atoms with Gasteiger partial charge < -0.3 is 15.0 Å². The van der Waals surface area contributed by atoms with Gasteiger partial charge in [0.2, 0.25) is 0 Å². The normalized spacial score (nSPS) is 16.9. The molecule has 4 heteroatoms. The Morgan fingerprint density at radius 1 is 1.33 bits per heavy atom. The lowest BCUT2D eigenvalue weighted by molar-refractivity contribution is 0.228. The lowest BCUT2D eigenvalue weighted by atomic mass is 10.2. The molecule has 1 heterocycles. The molecular weight excluding hydrogens is 262 g/mol. The van der Waals surface area contributed by atoms with Gasteiger partial charge in [0.15, 0.2) is 5.96 Å². The van der Waals surface area contributed by atoms with E-state index in [1.54, 1.807) is 0 Å². The topological polar surface area (TPSA) is 36.9 Å². The third-order valence-corrected chi connectivity index (χ3v) is 3.66. The van der Waals surface area contributed by atoms with Gasteiger partial charge in [-0.05, 0) is 45.2 Å². The summed E-state index contributed by atoms with van der Waals surface area (Å²) in [5.74, 6) is 1.97. The molecule has 1 unspecified atom stereocenters. The molecule has 21 heavy (non-hydrogen) atoms. The Kier molecular flexibility index (Phi) is 5.90. The fraction of sp³-hybridized carbons (Fsp3) is 0.588. The quantitative estimate of drug-likeness (QED) is 0.669. The first-order valence-electron chi connectivity index (χ1n) is 7.96. The van der Waals surface area contributed by atoms with Crippen LogP contribution in [0.4, 0.5) is 0 Å². The van der Waals surface area contributed by atoms with Gasteiger partial charge in [0, 0.05) is 19.6 Å². The number of aryl methyl sites for hydroxylation is 1. The highest BCUT2D eigenvalue weighted by Crippen LogP contribution is 2.17. The molecule has 116 valence electrons. The van der Waals surface area contributed by atoms with E-state index in [0.717, 1.165) is 31.3 Å². The smallest absolute Gasteiger partial charge is 0.194 e.